The smallest absolute Gasteiger partial charge is 0.285 e. The predicted octanol–water partition coefficient (Wildman–Crippen LogP) is 0.990. The van der Waals surface area contributed by atoms with Crippen LogP contribution in [0.15, 0.2) is 4.79 Å². The molecule has 0 aliphatic carbocycles. The van der Waals surface area contributed by atoms with Gasteiger partial charge in [-0.1, -0.05) is 6.92 Å². The second kappa shape index (κ2) is 6.08. The van der Waals surface area contributed by atoms with Crippen LogP contribution in [0.1, 0.15) is 36.6 Å². The van der Waals surface area contributed by atoms with Crippen LogP contribution < -0.4 is 5.56 Å². The summed E-state index contributed by atoms with van der Waals surface area (Å²) in [5, 5.41) is 13.2. The number of nitrogens with zero attached hydrogens (tertiary/aromatic N) is 4. The largest absolute Gasteiger partial charge is 0.341 e. The fraction of sp³-hybridized carbons (Fsp3) is 0.600. The number of carbonyl (C=O) groups excluding carboxylic acids is 1. The third kappa shape index (κ3) is 3.13. The van der Waals surface area contributed by atoms with Gasteiger partial charge in [-0.25, -0.2) is 4.68 Å². The van der Waals surface area contributed by atoms with E-state index in [4.69, 9.17) is 5.26 Å². The predicted molar refractivity (Wildman–Crippen MR) is 77.7 cm³/mol. The molecule has 0 radical (unpaired) electrons. The summed E-state index contributed by atoms with van der Waals surface area (Å²) in [6.45, 7) is 6.97. The lowest BCUT2D eigenvalue weighted by Gasteiger charge is -2.30. The van der Waals surface area contributed by atoms with Crippen molar-refractivity contribution in [2.45, 2.75) is 40.2 Å². The van der Waals surface area contributed by atoms with Gasteiger partial charge in [-0.05, 0) is 38.2 Å². The molecule has 1 fully saturated rings. The molecule has 0 N–H and O–H groups in total. The highest BCUT2D eigenvalue weighted by Crippen LogP contribution is 2.16. The van der Waals surface area contributed by atoms with Crippen molar-refractivity contribution in [2.75, 3.05) is 13.1 Å². The number of nitriles is 1. The Morgan fingerprint density at radius 2 is 2.00 bits per heavy atom. The summed E-state index contributed by atoms with van der Waals surface area (Å²) in [5.41, 5.74) is 0.770. The van der Waals surface area contributed by atoms with E-state index in [0.717, 1.165) is 30.6 Å². The van der Waals surface area contributed by atoms with Crippen molar-refractivity contribution in [3.63, 3.8) is 0 Å². The minimum Gasteiger partial charge on any atom is -0.341 e. The number of piperidine rings is 1. The molecule has 1 aliphatic heterocycles. The van der Waals surface area contributed by atoms with Crippen molar-refractivity contribution in [1.29, 1.82) is 5.26 Å². The quantitative estimate of drug-likeness (QED) is 0.813. The van der Waals surface area contributed by atoms with E-state index in [1.165, 1.54) is 0 Å². The van der Waals surface area contributed by atoms with Crippen LogP contribution >= 0.6 is 0 Å². The molecule has 1 aromatic rings. The Balaban J connectivity index is 2.21. The molecule has 1 amide bonds. The van der Waals surface area contributed by atoms with Crippen LogP contribution in [0.4, 0.5) is 0 Å². The van der Waals surface area contributed by atoms with Crippen molar-refractivity contribution in [3.8, 4) is 6.07 Å². The van der Waals surface area contributed by atoms with Crippen molar-refractivity contribution in [2.24, 2.45) is 5.92 Å². The van der Waals surface area contributed by atoms with Crippen LogP contribution in [0.3, 0.4) is 0 Å². The van der Waals surface area contributed by atoms with Gasteiger partial charge < -0.3 is 4.90 Å². The average Bonchev–Trinajstić information content (AvgIpc) is 2.46. The Morgan fingerprint density at radius 1 is 1.38 bits per heavy atom. The number of aryl methyl sites for hydroxylation is 1. The van der Waals surface area contributed by atoms with Crippen LogP contribution in [-0.2, 0) is 11.3 Å². The molecule has 112 valence electrons. The summed E-state index contributed by atoms with van der Waals surface area (Å²) < 4.78 is 1.11. The van der Waals surface area contributed by atoms with Gasteiger partial charge in [-0.2, -0.15) is 10.4 Å². The number of aromatic nitrogens is 2. The van der Waals surface area contributed by atoms with Crippen molar-refractivity contribution in [1.82, 2.24) is 14.7 Å². The number of hydrogen-bond donors (Lipinski definition) is 0. The minimum atomic E-state index is -0.487. The standard InChI is InChI=1S/C15H20N4O2/c1-10-4-6-18(7-5-10)14(20)9-19-15(21)13(8-16)11(2)12(3)17-19/h10H,4-7,9H2,1-3H3. The monoisotopic (exact) mass is 288 g/mol. The Kier molecular flexibility index (Phi) is 4.41. The first-order chi connectivity index (χ1) is 9.93. The van der Waals surface area contributed by atoms with E-state index in [-0.39, 0.29) is 18.0 Å². The molecule has 0 bridgehead atoms. The summed E-state index contributed by atoms with van der Waals surface area (Å²) in [6.07, 6.45) is 1.98. The fourth-order valence-electron chi connectivity index (χ4n) is 2.50. The number of amides is 1. The van der Waals surface area contributed by atoms with Gasteiger partial charge in [0.05, 0.1) is 5.69 Å². The van der Waals surface area contributed by atoms with E-state index in [9.17, 15) is 9.59 Å². The lowest BCUT2D eigenvalue weighted by atomic mass is 9.99. The molecule has 0 saturated carbocycles. The topological polar surface area (TPSA) is 79.0 Å². The third-order valence-corrected chi connectivity index (χ3v) is 4.17. The van der Waals surface area contributed by atoms with Crippen molar-refractivity contribution < 1.29 is 4.79 Å². The zero-order valence-electron chi connectivity index (χ0n) is 12.7. The van der Waals surface area contributed by atoms with Crippen LogP contribution in [0.2, 0.25) is 0 Å². The summed E-state index contributed by atoms with van der Waals surface area (Å²) in [7, 11) is 0. The molecule has 2 rings (SSSR count). The first-order valence-electron chi connectivity index (χ1n) is 7.20. The van der Waals surface area contributed by atoms with Crippen molar-refractivity contribution in [3.05, 3.63) is 27.2 Å². The van der Waals surface area contributed by atoms with Gasteiger partial charge >= 0.3 is 0 Å². The Hall–Kier alpha value is -2.16. The molecule has 0 atom stereocenters. The minimum absolute atomic E-state index is 0.0718. The average molecular weight is 288 g/mol. The lowest BCUT2D eigenvalue weighted by molar-refractivity contribution is -0.133. The fourth-order valence-corrected chi connectivity index (χ4v) is 2.50. The van der Waals surface area contributed by atoms with Crippen LogP contribution in [0, 0.1) is 31.1 Å². The van der Waals surface area contributed by atoms with E-state index in [1.54, 1.807) is 18.7 Å². The van der Waals surface area contributed by atoms with Crippen LogP contribution in [-0.4, -0.2) is 33.7 Å². The van der Waals surface area contributed by atoms with E-state index in [1.807, 2.05) is 6.07 Å². The molecule has 6 nitrogen and oxygen atoms in total. The number of hydrogen-bond acceptors (Lipinski definition) is 4. The molecule has 1 saturated heterocycles. The first kappa shape index (κ1) is 15.2. The number of rotatable bonds is 2. The zero-order chi connectivity index (χ0) is 15.6. The Labute approximate surface area is 124 Å². The summed E-state index contributed by atoms with van der Waals surface area (Å²) in [4.78, 5) is 26.2. The van der Waals surface area contributed by atoms with E-state index < -0.39 is 5.56 Å². The van der Waals surface area contributed by atoms with Crippen molar-refractivity contribution >= 4 is 5.91 Å². The van der Waals surface area contributed by atoms with E-state index in [0.29, 0.717) is 17.2 Å². The highest BCUT2D eigenvalue weighted by molar-refractivity contribution is 5.76. The maximum Gasteiger partial charge on any atom is 0.285 e. The molecular weight excluding hydrogens is 268 g/mol. The molecular formula is C15H20N4O2. The molecule has 21 heavy (non-hydrogen) atoms. The first-order valence-corrected chi connectivity index (χ1v) is 7.20. The normalized spacial score (nSPS) is 15.8. The van der Waals surface area contributed by atoms with Gasteiger partial charge in [0, 0.05) is 13.1 Å². The van der Waals surface area contributed by atoms with Gasteiger partial charge in [-0.15, -0.1) is 0 Å². The van der Waals surface area contributed by atoms with Gasteiger partial charge in [0.15, 0.2) is 0 Å². The Bertz CT molecular complexity index is 649. The molecule has 2 heterocycles. The zero-order valence-corrected chi connectivity index (χ0v) is 12.7. The molecule has 0 aromatic carbocycles. The third-order valence-electron chi connectivity index (χ3n) is 4.17. The highest BCUT2D eigenvalue weighted by Gasteiger charge is 2.22. The maximum absolute atomic E-state index is 12.3. The second-order valence-electron chi connectivity index (χ2n) is 5.72. The number of carbonyl (C=O) groups is 1. The molecule has 0 spiro atoms. The SMILES string of the molecule is Cc1nn(CC(=O)N2CCC(C)CC2)c(=O)c(C#N)c1C. The molecule has 0 unspecified atom stereocenters. The molecule has 6 heteroatoms. The second-order valence-corrected chi connectivity index (χ2v) is 5.72. The van der Waals surface area contributed by atoms with Crippen LogP contribution in [0.25, 0.3) is 0 Å². The van der Waals surface area contributed by atoms with E-state index >= 15 is 0 Å². The Morgan fingerprint density at radius 3 is 2.57 bits per heavy atom. The van der Waals surface area contributed by atoms with Gasteiger partial charge in [0.1, 0.15) is 18.2 Å². The molecule has 1 aliphatic rings. The maximum atomic E-state index is 12.3. The van der Waals surface area contributed by atoms with Gasteiger partial charge in [0.2, 0.25) is 5.91 Å². The number of likely N-dealkylation sites (tertiary alicyclic amines) is 1. The van der Waals surface area contributed by atoms with Crippen LogP contribution in [0.5, 0.6) is 0 Å². The van der Waals surface area contributed by atoms with E-state index in [2.05, 4.69) is 12.0 Å². The summed E-state index contributed by atoms with van der Waals surface area (Å²) in [6, 6.07) is 1.91. The highest BCUT2D eigenvalue weighted by atomic mass is 16.2. The lowest BCUT2D eigenvalue weighted by Crippen LogP contribution is -2.42. The summed E-state index contributed by atoms with van der Waals surface area (Å²) >= 11 is 0. The summed E-state index contributed by atoms with van der Waals surface area (Å²) in [5.74, 6) is 0.533. The van der Waals surface area contributed by atoms with Gasteiger partial charge in [0.25, 0.3) is 5.56 Å². The molecule has 1 aromatic heterocycles. The van der Waals surface area contributed by atoms with Gasteiger partial charge in [-0.3, -0.25) is 9.59 Å².